The molecule has 9 heteroatoms. The highest BCUT2D eigenvalue weighted by Crippen LogP contribution is 2.45. The summed E-state index contributed by atoms with van der Waals surface area (Å²) >= 11 is 0. The first-order valence-electron chi connectivity index (χ1n) is 12.0. The van der Waals surface area contributed by atoms with Crippen molar-refractivity contribution in [3.05, 3.63) is 12.7 Å². The minimum Gasteiger partial charge on any atom is -0.347 e. The maximum absolute atomic E-state index is 11.4. The van der Waals surface area contributed by atoms with Crippen LogP contribution in [0.1, 0.15) is 32.1 Å². The summed E-state index contributed by atoms with van der Waals surface area (Å²) in [5.41, 5.74) is 6.57. The van der Waals surface area contributed by atoms with E-state index in [1.165, 1.54) is 6.08 Å². The Morgan fingerprint density at radius 1 is 1.19 bits per heavy atom. The molecule has 7 N–H and O–H groups in total. The molecular formula is C23H39N7O2. The number of hydrogen-bond acceptors (Lipinski definition) is 8. The molecule has 178 valence electrons. The number of likely N-dealkylation sites (tertiary alicyclic amines) is 1. The van der Waals surface area contributed by atoms with E-state index in [-0.39, 0.29) is 30.6 Å². The molecule has 3 aliphatic heterocycles. The topological polar surface area (TPSA) is 116 Å². The van der Waals surface area contributed by atoms with E-state index in [2.05, 4.69) is 57.0 Å². The van der Waals surface area contributed by atoms with Gasteiger partial charge in [0, 0.05) is 12.6 Å². The standard InChI is InChI=1S/C23H39N7O2/c1-3-18(31)25-11-4-6-17-19(20-21(24)28-14-29-22(20)30(17)2)15-7-9-16(10-8-15)32-23-26-12-5-13-27-23/h3,15-17,19-23,26-29H,1,5,7-14,24H2,2H3,(H,25,31). The van der Waals surface area contributed by atoms with E-state index in [4.69, 9.17) is 10.5 Å². The first kappa shape index (κ1) is 23.6. The summed E-state index contributed by atoms with van der Waals surface area (Å²) in [6.45, 7) is 6.54. The first-order valence-corrected chi connectivity index (χ1v) is 12.0. The lowest BCUT2D eigenvalue weighted by Gasteiger charge is -2.41. The van der Waals surface area contributed by atoms with Gasteiger partial charge in [-0.15, -0.1) is 0 Å². The van der Waals surface area contributed by atoms with Crippen LogP contribution in [0.15, 0.2) is 12.7 Å². The van der Waals surface area contributed by atoms with Crippen molar-refractivity contribution in [2.24, 2.45) is 23.5 Å². The van der Waals surface area contributed by atoms with Crippen molar-refractivity contribution in [2.45, 2.75) is 62.9 Å². The fourth-order valence-corrected chi connectivity index (χ4v) is 5.92. The second-order valence-electron chi connectivity index (χ2n) is 9.38. The van der Waals surface area contributed by atoms with E-state index in [1.54, 1.807) is 0 Å². The van der Waals surface area contributed by atoms with Gasteiger partial charge in [-0.05, 0) is 70.2 Å². The predicted molar refractivity (Wildman–Crippen MR) is 124 cm³/mol. The van der Waals surface area contributed by atoms with Crippen LogP contribution < -0.4 is 32.3 Å². The molecule has 1 aliphatic carbocycles. The molecule has 4 aliphatic rings. The number of nitrogens with one attached hydrogen (secondary N) is 5. The molecule has 1 saturated carbocycles. The van der Waals surface area contributed by atoms with Crippen LogP contribution in [0.2, 0.25) is 0 Å². The number of rotatable bonds is 5. The number of carbonyl (C=O) groups excluding carboxylic acids is 1. The first-order chi connectivity index (χ1) is 15.6. The van der Waals surface area contributed by atoms with Gasteiger partial charge in [-0.2, -0.15) is 0 Å². The summed E-state index contributed by atoms with van der Waals surface area (Å²) in [4.78, 5) is 13.8. The molecule has 0 aromatic heterocycles. The van der Waals surface area contributed by atoms with E-state index >= 15 is 0 Å². The van der Waals surface area contributed by atoms with Crippen molar-refractivity contribution >= 4 is 5.91 Å². The summed E-state index contributed by atoms with van der Waals surface area (Å²) in [5, 5.41) is 16.5. The van der Waals surface area contributed by atoms with Crippen LogP contribution in [0.3, 0.4) is 0 Å². The molecule has 5 atom stereocenters. The minimum atomic E-state index is -0.197. The third-order valence-electron chi connectivity index (χ3n) is 7.51. The number of nitrogens with two attached hydrogens (primary N) is 1. The van der Waals surface area contributed by atoms with Crippen molar-refractivity contribution < 1.29 is 9.53 Å². The van der Waals surface area contributed by atoms with Crippen LogP contribution in [-0.2, 0) is 9.53 Å². The molecule has 3 saturated heterocycles. The van der Waals surface area contributed by atoms with E-state index in [0.29, 0.717) is 37.1 Å². The lowest BCUT2D eigenvalue weighted by molar-refractivity contribution is -0.116. The molecule has 32 heavy (non-hydrogen) atoms. The summed E-state index contributed by atoms with van der Waals surface area (Å²) in [7, 11) is 2.14. The van der Waals surface area contributed by atoms with Crippen molar-refractivity contribution in [1.82, 2.24) is 31.5 Å². The highest BCUT2D eigenvalue weighted by Gasteiger charge is 2.53. The van der Waals surface area contributed by atoms with E-state index < -0.39 is 0 Å². The maximum atomic E-state index is 11.4. The van der Waals surface area contributed by atoms with Crippen molar-refractivity contribution in [3.63, 3.8) is 0 Å². The molecule has 4 rings (SSSR count). The van der Waals surface area contributed by atoms with Gasteiger partial charge in [0.1, 0.15) is 0 Å². The van der Waals surface area contributed by atoms with Crippen molar-refractivity contribution in [1.29, 1.82) is 0 Å². The molecule has 0 bridgehead atoms. The van der Waals surface area contributed by atoms with Crippen LogP contribution in [0, 0.1) is 29.6 Å². The van der Waals surface area contributed by atoms with Gasteiger partial charge in [0.25, 0.3) is 0 Å². The third kappa shape index (κ3) is 5.34. The molecule has 9 nitrogen and oxygen atoms in total. The lowest BCUT2D eigenvalue weighted by atomic mass is 9.70. The predicted octanol–water partition coefficient (Wildman–Crippen LogP) is -0.958. The Kier molecular flexibility index (Phi) is 8.18. The Labute approximate surface area is 191 Å². The zero-order valence-corrected chi connectivity index (χ0v) is 19.1. The molecule has 0 radical (unpaired) electrons. The molecule has 5 unspecified atom stereocenters. The minimum absolute atomic E-state index is 0.0168. The second kappa shape index (κ2) is 11.1. The monoisotopic (exact) mass is 445 g/mol. The second-order valence-corrected chi connectivity index (χ2v) is 9.38. The number of fused-ring (bicyclic) bond motifs is 1. The molecule has 1 amide bonds. The zero-order valence-electron chi connectivity index (χ0n) is 19.1. The molecule has 0 aromatic carbocycles. The normalized spacial score (nSPS) is 38.4. The van der Waals surface area contributed by atoms with Gasteiger partial charge < -0.3 is 15.8 Å². The average Bonchev–Trinajstić information content (AvgIpc) is 3.10. The quantitative estimate of drug-likeness (QED) is 0.237. The van der Waals surface area contributed by atoms with Crippen LogP contribution >= 0.6 is 0 Å². The number of amides is 1. The Balaban J connectivity index is 1.42. The highest BCUT2D eigenvalue weighted by molar-refractivity contribution is 5.86. The number of hydrogen-bond donors (Lipinski definition) is 6. The van der Waals surface area contributed by atoms with E-state index in [9.17, 15) is 4.79 Å². The smallest absolute Gasteiger partial charge is 0.244 e. The summed E-state index contributed by atoms with van der Waals surface area (Å²) in [6.07, 6.45) is 7.22. The SMILES string of the molecule is C=CC(=O)NCC#CC1C(C2CCC(OC3NCCCN3)CC2)C2C(N)NCNC2N1C. The van der Waals surface area contributed by atoms with Gasteiger partial charge >= 0.3 is 0 Å². The van der Waals surface area contributed by atoms with Gasteiger partial charge in [-0.25, -0.2) is 0 Å². The Morgan fingerprint density at radius 2 is 1.94 bits per heavy atom. The molecular weight excluding hydrogens is 406 g/mol. The van der Waals surface area contributed by atoms with Crippen molar-refractivity contribution in [2.75, 3.05) is 33.4 Å². The number of carbonyl (C=O) groups is 1. The third-order valence-corrected chi connectivity index (χ3v) is 7.51. The van der Waals surface area contributed by atoms with Crippen LogP contribution in [-0.4, -0.2) is 75.0 Å². The summed E-state index contributed by atoms with van der Waals surface area (Å²) in [5.74, 6) is 7.66. The number of nitrogens with zero attached hydrogens (tertiary/aromatic N) is 1. The van der Waals surface area contributed by atoms with Crippen LogP contribution in [0.5, 0.6) is 0 Å². The Bertz CT molecular complexity index is 709. The maximum Gasteiger partial charge on any atom is 0.244 e. The van der Waals surface area contributed by atoms with Crippen LogP contribution in [0.4, 0.5) is 0 Å². The largest absolute Gasteiger partial charge is 0.347 e. The van der Waals surface area contributed by atoms with Gasteiger partial charge in [0.2, 0.25) is 5.91 Å². The van der Waals surface area contributed by atoms with Crippen LogP contribution in [0.25, 0.3) is 0 Å². The molecule has 3 heterocycles. The molecule has 0 spiro atoms. The van der Waals surface area contributed by atoms with E-state index in [0.717, 1.165) is 45.2 Å². The molecule has 4 fully saturated rings. The van der Waals surface area contributed by atoms with Gasteiger partial charge in [0.15, 0.2) is 6.35 Å². The highest BCUT2D eigenvalue weighted by atomic mass is 16.5. The Morgan fingerprint density at radius 3 is 2.66 bits per heavy atom. The van der Waals surface area contributed by atoms with Crippen molar-refractivity contribution in [3.8, 4) is 11.8 Å². The molecule has 0 aromatic rings. The fraction of sp³-hybridized carbons (Fsp3) is 0.783. The summed E-state index contributed by atoms with van der Waals surface area (Å²) in [6, 6.07) is 0.105. The van der Waals surface area contributed by atoms with Gasteiger partial charge in [0.05, 0.1) is 31.0 Å². The van der Waals surface area contributed by atoms with Gasteiger partial charge in [-0.1, -0.05) is 18.4 Å². The van der Waals surface area contributed by atoms with Gasteiger partial charge in [-0.3, -0.25) is 31.0 Å². The average molecular weight is 446 g/mol. The van der Waals surface area contributed by atoms with E-state index in [1.807, 2.05) is 0 Å². The lowest BCUT2D eigenvalue weighted by Crippen LogP contribution is -2.63. The Hall–Kier alpha value is -1.51. The number of ether oxygens (including phenoxy) is 1. The fourth-order valence-electron chi connectivity index (χ4n) is 5.92. The zero-order chi connectivity index (χ0) is 22.5. The summed E-state index contributed by atoms with van der Waals surface area (Å²) < 4.78 is 6.27.